The summed E-state index contributed by atoms with van der Waals surface area (Å²) < 4.78 is 28.0. The molecule has 2 heterocycles. The van der Waals surface area contributed by atoms with E-state index in [1.165, 1.54) is 12.1 Å². The maximum Gasteiger partial charge on any atom is 0.240 e. The number of anilines is 2. The molecule has 0 spiro atoms. The van der Waals surface area contributed by atoms with Gasteiger partial charge in [-0.15, -0.1) is 0 Å². The lowest BCUT2D eigenvalue weighted by atomic mass is 9.82. The van der Waals surface area contributed by atoms with Crippen molar-refractivity contribution >= 4 is 50.2 Å². The van der Waals surface area contributed by atoms with Gasteiger partial charge in [0.25, 0.3) is 0 Å². The van der Waals surface area contributed by atoms with E-state index >= 15 is 0 Å². The monoisotopic (exact) mass is 570 g/mol. The van der Waals surface area contributed by atoms with Crippen molar-refractivity contribution in [1.29, 1.82) is 0 Å². The second kappa shape index (κ2) is 12.1. The number of benzene rings is 2. The Morgan fingerprint density at radius 3 is 2.23 bits per heavy atom. The Hall–Kier alpha value is -2.95. The number of carbonyl (C=O) groups is 1. The van der Waals surface area contributed by atoms with Crippen LogP contribution in [0.25, 0.3) is 10.9 Å². The highest BCUT2D eigenvalue weighted by Crippen LogP contribution is 2.30. The molecule has 2 fully saturated rings. The van der Waals surface area contributed by atoms with E-state index in [1.807, 2.05) is 29.2 Å². The number of carbonyl (C=O) groups excluding carboxylic acids is 1. The van der Waals surface area contributed by atoms with E-state index in [0.717, 1.165) is 62.0 Å². The number of nitrogens with zero attached hydrogens (tertiary/aromatic N) is 4. The average Bonchev–Trinajstić information content (AvgIpc) is 2.95. The van der Waals surface area contributed by atoms with Crippen molar-refractivity contribution < 1.29 is 13.2 Å². The highest BCUT2D eigenvalue weighted by atomic mass is 35.5. The first-order valence-electron chi connectivity index (χ1n) is 13.5. The molecular formula is C28H35ClN6O3S. The van der Waals surface area contributed by atoms with Crippen LogP contribution in [0.2, 0.25) is 5.02 Å². The molecule has 0 radical (unpaired) electrons. The molecule has 1 amide bonds. The number of fused-ring (bicyclic) bond motifs is 1. The van der Waals surface area contributed by atoms with Crippen LogP contribution in [0, 0.1) is 11.8 Å². The summed E-state index contributed by atoms with van der Waals surface area (Å²) >= 11 is 5.88. The van der Waals surface area contributed by atoms with E-state index in [0.29, 0.717) is 42.4 Å². The minimum Gasteiger partial charge on any atom is -0.354 e. The van der Waals surface area contributed by atoms with E-state index in [4.69, 9.17) is 21.6 Å². The molecule has 3 aromatic rings. The number of amides is 1. The van der Waals surface area contributed by atoms with Gasteiger partial charge in [-0.25, -0.2) is 18.1 Å². The van der Waals surface area contributed by atoms with Gasteiger partial charge in [0.15, 0.2) is 0 Å². The summed E-state index contributed by atoms with van der Waals surface area (Å²) in [6.45, 7) is 5.70. The van der Waals surface area contributed by atoms with Crippen molar-refractivity contribution in [2.24, 2.45) is 11.8 Å². The van der Waals surface area contributed by atoms with Crippen LogP contribution in [0.3, 0.4) is 0 Å². The number of para-hydroxylation sites is 1. The summed E-state index contributed by atoms with van der Waals surface area (Å²) in [6, 6.07) is 14.3. The molecule has 0 atom stereocenters. The molecule has 0 unspecified atom stereocenters. The van der Waals surface area contributed by atoms with Crippen LogP contribution in [-0.4, -0.2) is 68.5 Å². The van der Waals surface area contributed by atoms with Gasteiger partial charge >= 0.3 is 0 Å². The predicted octanol–water partition coefficient (Wildman–Crippen LogP) is 4.15. The maximum atomic E-state index is 12.6. The van der Waals surface area contributed by atoms with E-state index in [9.17, 15) is 13.2 Å². The number of halogens is 1. The number of sulfonamides is 1. The third-order valence-corrected chi connectivity index (χ3v) is 9.50. The van der Waals surface area contributed by atoms with Gasteiger partial charge in [0.2, 0.25) is 21.9 Å². The quantitative estimate of drug-likeness (QED) is 0.419. The number of piperazine rings is 1. The summed E-state index contributed by atoms with van der Waals surface area (Å²) in [7, 11) is -3.54. The van der Waals surface area contributed by atoms with Crippen molar-refractivity contribution in [3.63, 3.8) is 0 Å². The summed E-state index contributed by atoms with van der Waals surface area (Å²) in [4.78, 5) is 25.8. The lowest BCUT2D eigenvalue weighted by Crippen LogP contribution is -2.48. The van der Waals surface area contributed by atoms with Crippen LogP contribution in [-0.2, 0) is 14.8 Å². The van der Waals surface area contributed by atoms with Crippen LogP contribution in [0.4, 0.5) is 11.8 Å². The lowest BCUT2D eigenvalue weighted by Gasteiger charge is -2.35. The SMILES string of the molecule is CC(=O)N1CCN(c2nc(NC[C@H]3CC[C@H](CNS(=O)(=O)c4ccc(Cl)cc4)CC3)nc3ccccc23)CC1. The van der Waals surface area contributed by atoms with Crippen LogP contribution in [0.15, 0.2) is 53.4 Å². The van der Waals surface area contributed by atoms with Gasteiger partial charge in [-0.05, 0) is 73.9 Å². The largest absolute Gasteiger partial charge is 0.354 e. The molecule has 2 N–H and O–H groups in total. The number of rotatable bonds is 8. The third kappa shape index (κ3) is 6.80. The van der Waals surface area contributed by atoms with Crippen LogP contribution >= 0.6 is 11.6 Å². The van der Waals surface area contributed by atoms with Gasteiger partial charge in [-0.2, -0.15) is 4.98 Å². The smallest absolute Gasteiger partial charge is 0.240 e. The van der Waals surface area contributed by atoms with Gasteiger partial charge < -0.3 is 15.1 Å². The molecule has 2 aliphatic rings. The Morgan fingerprint density at radius 2 is 1.56 bits per heavy atom. The van der Waals surface area contributed by atoms with Gasteiger partial charge in [-0.1, -0.05) is 23.7 Å². The van der Waals surface area contributed by atoms with Gasteiger partial charge in [-0.3, -0.25) is 4.79 Å². The Labute approximate surface area is 235 Å². The van der Waals surface area contributed by atoms with Crippen molar-refractivity contribution in [2.45, 2.75) is 37.5 Å². The van der Waals surface area contributed by atoms with Crippen molar-refractivity contribution in [3.05, 3.63) is 53.6 Å². The number of nitrogens with one attached hydrogen (secondary N) is 2. The van der Waals surface area contributed by atoms with Crippen molar-refractivity contribution in [1.82, 2.24) is 19.6 Å². The molecule has 1 aromatic heterocycles. The fourth-order valence-corrected chi connectivity index (χ4v) is 6.66. The molecule has 1 aliphatic heterocycles. The average molecular weight is 571 g/mol. The third-order valence-electron chi connectivity index (χ3n) is 7.81. The lowest BCUT2D eigenvalue weighted by molar-refractivity contribution is -0.129. The number of aromatic nitrogens is 2. The first-order valence-corrected chi connectivity index (χ1v) is 15.4. The standard InChI is InChI=1S/C28H35ClN6O3S/c1-20(36)34-14-16-35(17-15-34)27-25-4-2-3-5-26(25)32-28(33-27)30-18-21-6-8-22(9-7-21)19-31-39(37,38)24-12-10-23(29)11-13-24/h2-5,10-13,21-22,31H,6-9,14-19H2,1H3,(H,30,32,33)/t21-,22-. The van der Waals surface area contributed by atoms with Gasteiger partial charge in [0.05, 0.1) is 10.4 Å². The molecule has 0 bridgehead atoms. The predicted molar refractivity (Wildman–Crippen MR) is 155 cm³/mol. The molecule has 5 rings (SSSR count). The van der Waals surface area contributed by atoms with Crippen LogP contribution in [0.5, 0.6) is 0 Å². The molecule has 1 saturated carbocycles. The minimum atomic E-state index is -3.54. The van der Waals surface area contributed by atoms with Crippen LogP contribution < -0.4 is 14.9 Å². The zero-order chi connectivity index (χ0) is 27.4. The maximum absolute atomic E-state index is 12.6. The Balaban J connectivity index is 1.15. The highest BCUT2D eigenvalue weighted by molar-refractivity contribution is 7.89. The van der Waals surface area contributed by atoms with Crippen LogP contribution in [0.1, 0.15) is 32.6 Å². The summed E-state index contributed by atoms with van der Waals surface area (Å²) in [5.41, 5.74) is 0.899. The fraction of sp³-hybridized carbons (Fsp3) is 0.464. The van der Waals surface area contributed by atoms with E-state index in [1.54, 1.807) is 19.1 Å². The normalized spacial score (nSPS) is 20.3. The Bertz CT molecular complexity index is 1400. The Morgan fingerprint density at radius 1 is 0.923 bits per heavy atom. The van der Waals surface area contributed by atoms with Gasteiger partial charge in [0.1, 0.15) is 5.82 Å². The second-order valence-electron chi connectivity index (χ2n) is 10.5. The van der Waals surface area contributed by atoms with Gasteiger partial charge in [0, 0.05) is 56.6 Å². The first-order chi connectivity index (χ1) is 18.8. The zero-order valence-corrected chi connectivity index (χ0v) is 23.7. The number of hydrogen-bond donors (Lipinski definition) is 2. The van der Waals surface area contributed by atoms with E-state index in [-0.39, 0.29) is 10.8 Å². The molecule has 9 nitrogen and oxygen atoms in total. The molecule has 39 heavy (non-hydrogen) atoms. The molecule has 2 aromatic carbocycles. The summed E-state index contributed by atoms with van der Waals surface area (Å²) in [6.07, 6.45) is 3.99. The van der Waals surface area contributed by atoms with E-state index in [2.05, 4.69) is 14.9 Å². The fourth-order valence-electron chi connectivity index (χ4n) is 5.41. The molecule has 1 aliphatic carbocycles. The molecule has 208 valence electrons. The molecule has 1 saturated heterocycles. The second-order valence-corrected chi connectivity index (χ2v) is 12.7. The van der Waals surface area contributed by atoms with Crippen molar-refractivity contribution in [3.8, 4) is 0 Å². The summed E-state index contributed by atoms with van der Waals surface area (Å²) in [5, 5.41) is 5.00. The molecule has 11 heteroatoms. The number of hydrogen-bond acceptors (Lipinski definition) is 7. The highest BCUT2D eigenvalue weighted by Gasteiger charge is 2.25. The minimum absolute atomic E-state index is 0.109. The van der Waals surface area contributed by atoms with E-state index < -0.39 is 10.0 Å². The zero-order valence-electron chi connectivity index (χ0n) is 22.1. The topological polar surface area (TPSA) is 108 Å². The Kier molecular flexibility index (Phi) is 8.54. The first kappa shape index (κ1) is 27.6. The van der Waals surface area contributed by atoms with Crippen molar-refractivity contribution in [2.75, 3.05) is 49.5 Å². The summed E-state index contributed by atoms with van der Waals surface area (Å²) in [5.74, 6) is 2.43. The molecular weight excluding hydrogens is 536 g/mol.